The molecule has 0 aliphatic carbocycles. The molecular formula is C21H27N5O2S. The molecule has 3 heterocycles. The predicted molar refractivity (Wildman–Crippen MR) is 115 cm³/mol. The van der Waals surface area contributed by atoms with Gasteiger partial charge in [-0.25, -0.2) is 22.4 Å². The molecule has 1 aliphatic rings. The molecule has 0 radical (unpaired) electrons. The number of fused-ring (bicyclic) bond motifs is 1. The Balaban J connectivity index is 1.81. The van der Waals surface area contributed by atoms with Gasteiger partial charge in [0.05, 0.1) is 10.3 Å². The number of nitrogens with one attached hydrogen (secondary N) is 1. The highest BCUT2D eigenvalue weighted by Crippen LogP contribution is 2.30. The maximum atomic E-state index is 13.2. The number of anilines is 1. The van der Waals surface area contributed by atoms with Gasteiger partial charge in [-0.2, -0.15) is 0 Å². The summed E-state index contributed by atoms with van der Waals surface area (Å²) in [6.45, 7) is 8.14. The summed E-state index contributed by atoms with van der Waals surface area (Å²) < 4.78 is 27.7. The Morgan fingerprint density at radius 1 is 1.17 bits per heavy atom. The first-order valence-corrected chi connectivity index (χ1v) is 11.5. The Morgan fingerprint density at radius 3 is 2.59 bits per heavy atom. The molecule has 3 aromatic rings. The maximum absolute atomic E-state index is 13.2. The van der Waals surface area contributed by atoms with Crippen LogP contribution in [0.3, 0.4) is 0 Å². The van der Waals surface area contributed by atoms with Crippen LogP contribution in [-0.4, -0.2) is 47.5 Å². The maximum Gasteiger partial charge on any atom is 0.269 e. The van der Waals surface area contributed by atoms with Gasteiger partial charge in [0.15, 0.2) is 5.65 Å². The van der Waals surface area contributed by atoms with Crippen molar-refractivity contribution in [1.29, 1.82) is 0 Å². The van der Waals surface area contributed by atoms with E-state index in [1.807, 2.05) is 13.0 Å². The third-order valence-corrected chi connectivity index (χ3v) is 7.15. The Bertz CT molecular complexity index is 1100. The Morgan fingerprint density at radius 2 is 1.93 bits per heavy atom. The Labute approximate surface area is 171 Å². The molecule has 8 heteroatoms. The van der Waals surface area contributed by atoms with Crippen LogP contribution < -0.4 is 10.2 Å². The van der Waals surface area contributed by atoms with Gasteiger partial charge in [-0.1, -0.05) is 17.7 Å². The minimum Gasteiger partial charge on any atom is -0.349 e. The average Bonchev–Trinajstić information content (AvgIpc) is 3.15. The van der Waals surface area contributed by atoms with Gasteiger partial charge in [0, 0.05) is 24.8 Å². The van der Waals surface area contributed by atoms with Crippen molar-refractivity contribution in [3.05, 3.63) is 48.4 Å². The quantitative estimate of drug-likeness (QED) is 0.693. The van der Waals surface area contributed by atoms with Crippen molar-refractivity contribution in [1.82, 2.24) is 19.3 Å². The van der Waals surface area contributed by atoms with Crippen molar-refractivity contribution in [3.63, 3.8) is 0 Å². The summed E-state index contributed by atoms with van der Waals surface area (Å²) in [6.07, 6.45) is 5.24. The van der Waals surface area contributed by atoms with Gasteiger partial charge in [0.25, 0.3) is 10.0 Å². The fourth-order valence-electron chi connectivity index (χ4n) is 4.05. The molecule has 29 heavy (non-hydrogen) atoms. The zero-order chi connectivity index (χ0) is 20.6. The lowest BCUT2D eigenvalue weighted by molar-refractivity contribution is 0.413. The lowest BCUT2D eigenvalue weighted by Crippen LogP contribution is -2.49. The highest BCUT2D eigenvalue weighted by molar-refractivity contribution is 7.90. The summed E-state index contributed by atoms with van der Waals surface area (Å²) in [5.74, 6) is 0.788. The molecule has 1 aliphatic heterocycles. The fraction of sp³-hybridized carbons (Fsp3) is 0.429. The molecule has 1 atom stereocenters. The normalized spacial score (nSPS) is 17.7. The molecule has 1 unspecified atom stereocenters. The first-order valence-electron chi connectivity index (χ1n) is 10.0. The van der Waals surface area contributed by atoms with Crippen LogP contribution in [0.1, 0.15) is 32.3 Å². The molecule has 0 spiro atoms. The first kappa shape index (κ1) is 19.8. The zero-order valence-corrected chi connectivity index (χ0v) is 17.9. The molecule has 1 fully saturated rings. The largest absolute Gasteiger partial charge is 0.349 e. The van der Waals surface area contributed by atoms with Crippen LogP contribution in [0.15, 0.2) is 47.8 Å². The van der Waals surface area contributed by atoms with E-state index < -0.39 is 10.0 Å². The molecule has 154 valence electrons. The molecular weight excluding hydrogens is 386 g/mol. The standard InChI is InChI=1S/C21H27N5O2S/c1-15(2)26(17-5-4-11-22-13-17)21-19-10-12-25(20(19)23-14-24-21)29(27,28)18-8-6-16(3)7-9-18/h6-10,12,14-15,17,22H,4-5,11,13H2,1-3H3. The second kappa shape index (κ2) is 7.76. The van der Waals surface area contributed by atoms with E-state index in [1.54, 1.807) is 30.5 Å². The predicted octanol–water partition coefficient (Wildman–Crippen LogP) is 2.94. The second-order valence-electron chi connectivity index (χ2n) is 7.87. The number of nitrogens with zero attached hydrogens (tertiary/aromatic N) is 4. The van der Waals surface area contributed by atoms with Crippen molar-refractivity contribution in [2.45, 2.75) is 50.6 Å². The number of rotatable bonds is 5. The topological polar surface area (TPSA) is 80.1 Å². The minimum atomic E-state index is -3.73. The Kier molecular flexibility index (Phi) is 5.31. The third-order valence-electron chi connectivity index (χ3n) is 5.47. The summed E-state index contributed by atoms with van der Waals surface area (Å²) in [5.41, 5.74) is 1.42. The van der Waals surface area contributed by atoms with E-state index in [-0.39, 0.29) is 10.9 Å². The van der Waals surface area contributed by atoms with Crippen molar-refractivity contribution in [2.75, 3.05) is 18.0 Å². The van der Waals surface area contributed by atoms with Crippen LogP contribution in [0.2, 0.25) is 0 Å². The van der Waals surface area contributed by atoms with Crippen LogP contribution in [0.25, 0.3) is 11.0 Å². The van der Waals surface area contributed by atoms with E-state index in [1.165, 1.54) is 10.3 Å². The number of aryl methyl sites for hydroxylation is 1. The molecule has 1 aromatic carbocycles. The second-order valence-corrected chi connectivity index (χ2v) is 9.68. The van der Waals surface area contributed by atoms with Crippen LogP contribution in [0.5, 0.6) is 0 Å². The van der Waals surface area contributed by atoms with Gasteiger partial charge in [0.1, 0.15) is 12.1 Å². The molecule has 0 saturated carbocycles. The number of aromatic nitrogens is 3. The van der Waals surface area contributed by atoms with Crippen molar-refractivity contribution in [3.8, 4) is 0 Å². The fourth-order valence-corrected chi connectivity index (χ4v) is 5.35. The van der Waals surface area contributed by atoms with Crippen LogP contribution >= 0.6 is 0 Å². The molecule has 1 saturated heterocycles. The molecule has 4 rings (SSSR count). The third kappa shape index (κ3) is 3.62. The minimum absolute atomic E-state index is 0.232. The van der Waals surface area contributed by atoms with Crippen molar-refractivity contribution < 1.29 is 8.42 Å². The van der Waals surface area contributed by atoms with Gasteiger partial charge in [-0.3, -0.25) is 0 Å². The van der Waals surface area contributed by atoms with E-state index in [9.17, 15) is 8.42 Å². The molecule has 0 amide bonds. The van der Waals surface area contributed by atoms with Gasteiger partial charge in [-0.15, -0.1) is 0 Å². The van der Waals surface area contributed by atoms with E-state index in [4.69, 9.17) is 0 Å². The number of benzene rings is 1. The lowest BCUT2D eigenvalue weighted by atomic mass is 10.0. The monoisotopic (exact) mass is 413 g/mol. The van der Waals surface area contributed by atoms with Crippen LogP contribution in [0.4, 0.5) is 5.82 Å². The van der Waals surface area contributed by atoms with Gasteiger partial charge < -0.3 is 10.2 Å². The highest BCUT2D eigenvalue weighted by atomic mass is 32.2. The summed E-state index contributed by atoms with van der Waals surface area (Å²) in [4.78, 5) is 11.4. The van der Waals surface area contributed by atoms with Crippen LogP contribution in [-0.2, 0) is 10.0 Å². The summed E-state index contributed by atoms with van der Waals surface area (Å²) in [5, 5.41) is 4.21. The smallest absolute Gasteiger partial charge is 0.269 e. The zero-order valence-electron chi connectivity index (χ0n) is 17.0. The van der Waals surface area contributed by atoms with Gasteiger partial charge in [-0.05, 0) is 58.4 Å². The van der Waals surface area contributed by atoms with E-state index >= 15 is 0 Å². The SMILES string of the molecule is Cc1ccc(S(=O)(=O)n2ccc3c(N(C(C)C)C4CCCNC4)ncnc32)cc1. The van der Waals surface area contributed by atoms with Crippen molar-refractivity contribution >= 4 is 26.9 Å². The van der Waals surface area contributed by atoms with Gasteiger partial charge in [0.2, 0.25) is 0 Å². The van der Waals surface area contributed by atoms with E-state index in [2.05, 4.69) is 34.0 Å². The summed E-state index contributed by atoms with van der Waals surface area (Å²) in [6, 6.07) is 9.22. The summed E-state index contributed by atoms with van der Waals surface area (Å²) >= 11 is 0. The number of hydrogen-bond donors (Lipinski definition) is 1. The highest BCUT2D eigenvalue weighted by Gasteiger charge is 2.28. The number of piperidine rings is 1. The van der Waals surface area contributed by atoms with Gasteiger partial charge >= 0.3 is 0 Å². The molecule has 0 bridgehead atoms. The number of hydrogen-bond acceptors (Lipinski definition) is 6. The van der Waals surface area contributed by atoms with Crippen LogP contribution in [0, 0.1) is 6.92 Å². The Hall–Kier alpha value is -2.45. The molecule has 1 N–H and O–H groups in total. The van der Waals surface area contributed by atoms with E-state index in [0.717, 1.165) is 42.7 Å². The van der Waals surface area contributed by atoms with E-state index in [0.29, 0.717) is 11.7 Å². The first-order chi connectivity index (χ1) is 13.9. The van der Waals surface area contributed by atoms with Crippen molar-refractivity contribution in [2.24, 2.45) is 0 Å². The molecule has 2 aromatic heterocycles. The molecule has 7 nitrogen and oxygen atoms in total. The lowest BCUT2D eigenvalue weighted by Gasteiger charge is -2.38. The average molecular weight is 414 g/mol. The summed E-state index contributed by atoms with van der Waals surface area (Å²) in [7, 11) is -3.73.